The van der Waals surface area contributed by atoms with E-state index >= 15 is 0 Å². The predicted octanol–water partition coefficient (Wildman–Crippen LogP) is 0.735. The van der Waals surface area contributed by atoms with Gasteiger partial charge in [-0.05, 0) is 26.7 Å². The van der Waals surface area contributed by atoms with Crippen molar-refractivity contribution in [2.75, 3.05) is 20.3 Å². The first-order valence-corrected chi connectivity index (χ1v) is 5.46. The third-order valence-corrected chi connectivity index (χ3v) is 3.21. The molecule has 0 spiro atoms. The number of carbonyl (C=O) groups is 2. The van der Waals surface area contributed by atoms with Crippen molar-refractivity contribution in [3.05, 3.63) is 0 Å². The zero-order valence-corrected chi connectivity index (χ0v) is 10.0. The van der Waals surface area contributed by atoms with Gasteiger partial charge in [0, 0.05) is 13.7 Å². The highest BCUT2D eigenvalue weighted by Crippen LogP contribution is 2.30. The van der Waals surface area contributed by atoms with Gasteiger partial charge in [0.2, 0.25) is 5.91 Å². The van der Waals surface area contributed by atoms with Crippen LogP contribution in [0.5, 0.6) is 0 Å². The summed E-state index contributed by atoms with van der Waals surface area (Å²) in [5.41, 5.74) is -0.573. The van der Waals surface area contributed by atoms with Gasteiger partial charge in [-0.3, -0.25) is 4.79 Å². The minimum Gasteiger partial charge on any atom is -0.480 e. The average Bonchev–Trinajstić information content (AvgIpc) is 2.27. The third-order valence-electron chi connectivity index (χ3n) is 3.21. The summed E-state index contributed by atoms with van der Waals surface area (Å²) in [7, 11) is 1.53. The Morgan fingerprint density at radius 1 is 1.50 bits per heavy atom. The molecule has 1 N–H and O–H groups in total. The van der Waals surface area contributed by atoms with Crippen molar-refractivity contribution in [2.24, 2.45) is 5.41 Å². The lowest BCUT2D eigenvalue weighted by molar-refractivity contribution is -0.157. The van der Waals surface area contributed by atoms with Crippen LogP contribution < -0.4 is 0 Å². The molecule has 1 heterocycles. The van der Waals surface area contributed by atoms with E-state index in [0.717, 1.165) is 12.8 Å². The molecule has 1 rings (SSSR count). The van der Waals surface area contributed by atoms with Gasteiger partial charge in [-0.25, -0.2) is 4.79 Å². The number of aliphatic carboxylic acids is 1. The van der Waals surface area contributed by atoms with Gasteiger partial charge in [-0.15, -0.1) is 0 Å². The number of amides is 1. The van der Waals surface area contributed by atoms with Gasteiger partial charge in [0.1, 0.15) is 6.04 Å². The van der Waals surface area contributed by atoms with Crippen LogP contribution in [0.4, 0.5) is 0 Å². The molecule has 0 saturated carbocycles. The summed E-state index contributed by atoms with van der Waals surface area (Å²) in [6.45, 7) is 4.40. The van der Waals surface area contributed by atoms with Crippen LogP contribution in [0.2, 0.25) is 0 Å². The van der Waals surface area contributed by atoms with Crippen LogP contribution in [0, 0.1) is 5.41 Å². The van der Waals surface area contributed by atoms with Crippen LogP contribution in [0.25, 0.3) is 0 Å². The maximum atomic E-state index is 12.1. The smallest absolute Gasteiger partial charge is 0.326 e. The first kappa shape index (κ1) is 13.0. The van der Waals surface area contributed by atoms with E-state index in [0.29, 0.717) is 13.2 Å². The maximum absolute atomic E-state index is 12.1. The van der Waals surface area contributed by atoms with Crippen molar-refractivity contribution < 1.29 is 19.4 Å². The SMILES string of the molecule is CC(C(=O)O)N(C)C(=O)C1(C)CCCOC1. The number of likely N-dealkylation sites (N-methyl/N-ethyl adjacent to an activating group) is 1. The molecule has 16 heavy (non-hydrogen) atoms. The fourth-order valence-electron chi connectivity index (χ4n) is 1.87. The minimum atomic E-state index is -0.990. The summed E-state index contributed by atoms with van der Waals surface area (Å²) in [6, 6.07) is -0.800. The second-order valence-corrected chi connectivity index (χ2v) is 4.65. The third kappa shape index (κ3) is 2.52. The molecule has 1 aliphatic rings. The first-order valence-electron chi connectivity index (χ1n) is 5.46. The lowest BCUT2D eigenvalue weighted by atomic mass is 9.83. The Morgan fingerprint density at radius 2 is 2.12 bits per heavy atom. The molecule has 1 amide bonds. The van der Waals surface area contributed by atoms with Crippen LogP contribution >= 0.6 is 0 Å². The van der Waals surface area contributed by atoms with E-state index in [9.17, 15) is 9.59 Å². The largest absolute Gasteiger partial charge is 0.480 e. The summed E-state index contributed by atoms with van der Waals surface area (Å²) in [5, 5.41) is 8.86. The van der Waals surface area contributed by atoms with Gasteiger partial charge in [-0.1, -0.05) is 0 Å². The predicted molar refractivity (Wildman–Crippen MR) is 58.0 cm³/mol. The molecule has 0 radical (unpaired) electrons. The molecule has 92 valence electrons. The summed E-state index contributed by atoms with van der Waals surface area (Å²) >= 11 is 0. The van der Waals surface area contributed by atoms with Crippen LogP contribution in [0.1, 0.15) is 26.7 Å². The van der Waals surface area contributed by atoms with Gasteiger partial charge in [0.25, 0.3) is 0 Å². The second-order valence-electron chi connectivity index (χ2n) is 4.65. The lowest BCUT2D eigenvalue weighted by Crippen LogP contribution is -2.50. The molecule has 5 heteroatoms. The summed E-state index contributed by atoms with van der Waals surface area (Å²) in [5.74, 6) is -1.14. The number of carboxylic acid groups (broad SMARTS) is 1. The quantitative estimate of drug-likeness (QED) is 0.775. The second kappa shape index (κ2) is 4.82. The number of ether oxygens (including phenoxy) is 1. The topological polar surface area (TPSA) is 66.8 Å². The number of rotatable bonds is 3. The van der Waals surface area contributed by atoms with Crippen molar-refractivity contribution in [1.82, 2.24) is 4.90 Å². The maximum Gasteiger partial charge on any atom is 0.326 e. The highest BCUT2D eigenvalue weighted by Gasteiger charge is 2.39. The van der Waals surface area contributed by atoms with E-state index in [-0.39, 0.29) is 5.91 Å². The highest BCUT2D eigenvalue weighted by molar-refractivity contribution is 5.87. The number of nitrogens with zero attached hydrogens (tertiary/aromatic N) is 1. The van der Waals surface area contributed by atoms with E-state index in [1.807, 2.05) is 6.92 Å². The van der Waals surface area contributed by atoms with Gasteiger partial charge in [-0.2, -0.15) is 0 Å². The van der Waals surface area contributed by atoms with Gasteiger partial charge in [0.05, 0.1) is 12.0 Å². The summed E-state index contributed by atoms with van der Waals surface area (Å²) in [6.07, 6.45) is 1.60. The molecule has 0 aromatic heterocycles. The van der Waals surface area contributed by atoms with Crippen molar-refractivity contribution in [3.63, 3.8) is 0 Å². The van der Waals surface area contributed by atoms with Crippen molar-refractivity contribution in [3.8, 4) is 0 Å². The summed E-state index contributed by atoms with van der Waals surface area (Å²) in [4.78, 5) is 24.2. The highest BCUT2D eigenvalue weighted by atomic mass is 16.5. The summed E-state index contributed by atoms with van der Waals surface area (Å²) < 4.78 is 5.30. The number of carbonyl (C=O) groups excluding carboxylic acids is 1. The van der Waals surface area contributed by atoms with E-state index in [2.05, 4.69) is 0 Å². The van der Waals surface area contributed by atoms with Crippen LogP contribution in [-0.2, 0) is 14.3 Å². The zero-order valence-electron chi connectivity index (χ0n) is 10.0. The molecule has 1 fully saturated rings. The standard InChI is InChI=1S/C11H19NO4/c1-8(9(13)14)12(3)10(15)11(2)5-4-6-16-7-11/h8H,4-7H2,1-3H3,(H,13,14). The monoisotopic (exact) mass is 229 g/mol. The van der Waals surface area contributed by atoms with Gasteiger partial charge >= 0.3 is 5.97 Å². The lowest BCUT2D eigenvalue weighted by Gasteiger charge is -2.36. The van der Waals surface area contributed by atoms with E-state index in [4.69, 9.17) is 9.84 Å². The number of hydrogen-bond acceptors (Lipinski definition) is 3. The molecule has 0 bridgehead atoms. The van der Waals surface area contributed by atoms with Crippen molar-refractivity contribution >= 4 is 11.9 Å². The normalized spacial score (nSPS) is 27.2. The Hall–Kier alpha value is -1.10. The Balaban J connectivity index is 2.72. The fourth-order valence-corrected chi connectivity index (χ4v) is 1.87. The van der Waals surface area contributed by atoms with Crippen molar-refractivity contribution in [2.45, 2.75) is 32.7 Å². The van der Waals surface area contributed by atoms with Crippen LogP contribution in [-0.4, -0.2) is 48.2 Å². The van der Waals surface area contributed by atoms with Crippen LogP contribution in [0.15, 0.2) is 0 Å². The molecule has 5 nitrogen and oxygen atoms in total. The van der Waals surface area contributed by atoms with Gasteiger partial charge < -0.3 is 14.7 Å². The molecule has 0 aliphatic carbocycles. The molecule has 0 aromatic carbocycles. The molecular weight excluding hydrogens is 210 g/mol. The minimum absolute atomic E-state index is 0.151. The molecule has 1 aliphatic heterocycles. The Morgan fingerprint density at radius 3 is 2.56 bits per heavy atom. The zero-order chi connectivity index (χ0) is 12.3. The van der Waals surface area contributed by atoms with Crippen molar-refractivity contribution in [1.29, 1.82) is 0 Å². The van der Waals surface area contributed by atoms with Gasteiger partial charge in [0.15, 0.2) is 0 Å². The molecule has 2 unspecified atom stereocenters. The Kier molecular flexibility index (Phi) is 3.91. The molecule has 0 aromatic rings. The Bertz CT molecular complexity index is 284. The number of carboxylic acids is 1. The van der Waals surface area contributed by atoms with Crippen LogP contribution in [0.3, 0.4) is 0 Å². The Labute approximate surface area is 95.4 Å². The first-order chi connectivity index (χ1) is 7.38. The molecular formula is C11H19NO4. The fraction of sp³-hybridized carbons (Fsp3) is 0.818. The molecule has 1 saturated heterocycles. The average molecular weight is 229 g/mol. The van der Waals surface area contributed by atoms with E-state index < -0.39 is 17.4 Å². The van der Waals surface area contributed by atoms with E-state index in [1.54, 1.807) is 0 Å². The van der Waals surface area contributed by atoms with E-state index in [1.165, 1.54) is 18.9 Å². The number of hydrogen-bond donors (Lipinski definition) is 1. The molecule has 2 atom stereocenters.